The van der Waals surface area contributed by atoms with Crippen LogP contribution in [0.4, 0.5) is 0 Å². The summed E-state index contributed by atoms with van der Waals surface area (Å²) in [5, 5.41) is 10.0. The number of benzene rings is 3. The molecule has 0 unspecified atom stereocenters. The van der Waals surface area contributed by atoms with Crippen molar-refractivity contribution in [3.8, 4) is 23.0 Å². The quantitative estimate of drug-likeness (QED) is 0.341. The zero-order valence-corrected chi connectivity index (χ0v) is 18.2. The average Bonchev–Trinajstić information content (AvgIpc) is 2.76. The molecule has 0 aromatic heterocycles. The molecule has 3 aromatic carbocycles. The lowest BCUT2D eigenvalue weighted by molar-refractivity contribution is 0.104. The third-order valence-electron chi connectivity index (χ3n) is 4.38. The molecule has 0 saturated carbocycles. The van der Waals surface area contributed by atoms with Crippen LogP contribution in [0.2, 0.25) is 0 Å². The van der Waals surface area contributed by atoms with Gasteiger partial charge in [-0.25, -0.2) is 0 Å². The van der Waals surface area contributed by atoms with Gasteiger partial charge in [-0.15, -0.1) is 0 Å². The second kappa shape index (κ2) is 9.98. The average molecular weight is 469 g/mol. The Morgan fingerprint density at radius 1 is 1.03 bits per heavy atom. The van der Waals surface area contributed by atoms with Crippen molar-refractivity contribution in [2.75, 3.05) is 14.2 Å². The highest BCUT2D eigenvalue weighted by atomic mass is 79.9. The highest BCUT2D eigenvalue weighted by molar-refractivity contribution is 9.10. The molecule has 6 heteroatoms. The van der Waals surface area contributed by atoms with E-state index in [0.717, 1.165) is 11.1 Å². The molecule has 0 fully saturated rings. The zero-order chi connectivity index (χ0) is 21.5. The minimum absolute atomic E-state index is 0.132. The van der Waals surface area contributed by atoms with E-state index in [1.807, 2.05) is 36.4 Å². The molecule has 0 heterocycles. The number of methoxy groups -OCH3 is 2. The van der Waals surface area contributed by atoms with E-state index < -0.39 is 0 Å². The molecule has 0 amide bonds. The van der Waals surface area contributed by atoms with Gasteiger partial charge in [0.25, 0.3) is 0 Å². The van der Waals surface area contributed by atoms with Gasteiger partial charge in [0.05, 0.1) is 24.3 Å². The lowest BCUT2D eigenvalue weighted by Gasteiger charge is -2.13. The van der Waals surface area contributed by atoms with Gasteiger partial charge in [0, 0.05) is 6.07 Å². The van der Waals surface area contributed by atoms with Gasteiger partial charge < -0.3 is 19.3 Å². The number of phenols is 1. The fourth-order valence-corrected chi connectivity index (χ4v) is 3.39. The van der Waals surface area contributed by atoms with Gasteiger partial charge in [0.1, 0.15) is 18.1 Å². The van der Waals surface area contributed by atoms with Crippen molar-refractivity contribution in [1.82, 2.24) is 0 Å². The second-order valence-corrected chi connectivity index (χ2v) is 7.24. The smallest absolute Gasteiger partial charge is 0.189 e. The number of ketones is 1. The molecule has 154 valence electrons. The molecule has 0 saturated heterocycles. The van der Waals surface area contributed by atoms with E-state index in [1.165, 1.54) is 25.3 Å². The monoisotopic (exact) mass is 468 g/mol. The first-order valence-electron chi connectivity index (χ1n) is 9.15. The highest BCUT2D eigenvalue weighted by Crippen LogP contribution is 2.37. The molecule has 0 aliphatic heterocycles. The minimum atomic E-state index is -0.324. The maximum atomic E-state index is 12.4. The number of ether oxygens (including phenoxy) is 3. The van der Waals surface area contributed by atoms with Crippen LogP contribution in [0.5, 0.6) is 23.0 Å². The van der Waals surface area contributed by atoms with Crippen LogP contribution in [0.15, 0.2) is 71.2 Å². The number of hydrogen-bond acceptors (Lipinski definition) is 5. The number of phenolic OH excluding ortho intramolecular Hbond substituents is 1. The van der Waals surface area contributed by atoms with Crippen molar-refractivity contribution in [2.24, 2.45) is 0 Å². The summed E-state index contributed by atoms with van der Waals surface area (Å²) < 4.78 is 17.1. The van der Waals surface area contributed by atoms with E-state index in [2.05, 4.69) is 15.9 Å². The number of aromatic hydroxyl groups is 1. The first-order chi connectivity index (χ1) is 14.5. The first-order valence-corrected chi connectivity index (χ1v) is 9.94. The number of allylic oxidation sites excluding steroid dienone is 1. The zero-order valence-electron chi connectivity index (χ0n) is 16.6. The van der Waals surface area contributed by atoms with Crippen LogP contribution in [-0.4, -0.2) is 25.1 Å². The molecule has 0 spiro atoms. The number of hydrogen-bond donors (Lipinski definition) is 1. The number of carbonyl (C=O) groups is 1. The summed E-state index contributed by atoms with van der Waals surface area (Å²) in [7, 11) is 3.06. The van der Waals surface area contributed by atoms with Crippen molar-refractivity contribution in [2.45, 2.75) is 6.61 Å². The fraction of sp³-hybridized carbons (Fsp3) is 0.125. The Morgan fingerprint density at radius 3 is 2.47 bits per heavy atom. The standard InChI is InChI=1S/C24H21BrO5/c1-28-18-9-10-19(22(27)14-18)21(26)11-8-17-12-20(25)24(23(13-17)29-2)30-15-16-6-4-3-5-7-16/h3-14,27H,15H2,1-2H3/b11-8+. The Bertz CT molecular complexity index is 1060. The van der Waals surface area contributed by atoms with Crippen LogP contribution < -0.4 is 14.2 Å². The van der Waals surface area contributed by atoms with Crippen molar-refractivity contribution in [1.29, 1.82) is 0 Å². The molecular formula is C24H21BrO5. The van der Waals surface area contributed by atoms with Crippen molar-refractivity contribution in [3.05, 3.63) is 87.9 Å². The fourth-order valence-electron chi connectivity index (χ4n) is 2.81. The lowest BCUT2D eigenvalue weighted by atomic mass is 10.1. The van der Waals surface area contributed by atoms with Crippen LogP contribution in [0, 0.1) is 0 Å². The van der Waals surface area contributed by atoms with Crippen LogP contribution in [0.25, 0.3) is 6.08 Å². The maximum absolute atomic E-state index is 12.4. The van der Waals surface area contributed by atoms with E-state index in [-0.39, 0.29) is 17.1 Å². The van der Waals surface area contributed by atoms with Crippen molar-refractivity contribution >= 4 is 27.8 Å². The maximum Gasteiger partial charge on any atom is 0.189 e. The summed E-state index contributed by atoms with van der Waals surface area (Å²) in [6.45, 7) is 0.403. The molecule has 0 aliphatic carbocycles. The summed E-state index contributed by atoms with van der Waals surface area (Å²) in [4.78, 5) is 12.4. The molecule has 3 aromatic rings. The third kappa shape index (κ3) is 5.21. The molecular weight excluding hydrogens is 448 g/mol. The third-order valence-corrected chi connectivity index (χ3v) is 4.96. The highest BCUT2D eigenvalue weighted by Gasteiger charge is 2.13. The molecule has 3 rings (SSSR count). The summed E-state index contributed by atoms with van der Waals surface area (Å²) in [5.74, 6) is 1.15. The van der Waals surface area contributed by atoms with Gasteiger partial charge in [-0.1, -0.05) is 36.4 Å². The normalized spacial score (nSPS) is 10.8. The van der Waals surface area contributed by atoms with Gasteiger partial charge in [-0.05, 0) is 57.4 Å². The Kier molecular flexibility index (Phi) is 7.14. The topological polar surface area (TPSA) is 65.0 Å². The summed E-state index contributed by atoms with van der Waals surface area (Å²) >= 11 is 3.51. The Balaban J connectivity index is 1.78. The van der Waals surface area contributed by atoms with Gasteiger partial charge >= 0.3 is 0 Å². The van der Waals surface area contributed by atoms with Crippen molar-refractivity contribution in [3.63, 3.8) is 0 Å². The molecule has 0 atom stereocenters. The Hall–Kier alpha value is -3.25. The van der Waals surface area contributed by atoms with Crippen LogP contribution in [-0.2, 0) is 6.61 Å². The minimum Gasteiger partial charge on any atom is -0.507 e. The first kappa shape index (κ1) is 21.5. The van der Waals surface area contributed by atoms with Crippen LogP contribution in [0.1, 0.15) is 21.5 Å². The van der Waals surface area contributed by atoms with E-state index in [4.69, 9.17) is 14.2 Å². The van der Waals surface area contributed by atoms with Gasteiger partial charge in [0.2, 0.25) is 0 Å². The molecule has 0 aliphatic rings. The molecule has 0 radical (unpaired) electrons. The predicted octanol–water partition coefficient (Wildman–Crippen LogP) is 5.65. The summed E-state index contributed by atoms with van der Waals surface area (Å²) in [6.07, 6.45) is 3.05. The molecule has 30 heavy (non-hydrogen) atoms. The van der Waals surface area contributed by atoms with Crippen LogP contribution >= 0.6 is 15.9 Å². The Morgan fingerprint density at radius 2 is 1.80 bits per heavy atom. The number of halogens is 1. The lowest BCUT2D eigenvalue weighted by Crippen LogP contribution is -1.99. The van der Waals surface area contributed by atoms with E-state index in [9.17, 15) is 9.90 Å². The van der Waals surface area contributed by atoms with E-state index in [0.29, 0.717) is 28.3 Å². The predicted molar refractivity (Wildman–Crippen MR) is 119 cm³/mol. The Labute approximate surface area is 183 Å². The second-order valence-electron chi connectivity index (χ2n) is 6.39. The summed E-state index contributed by atoms with van der Waals surface area (Å²) in [5.41, 5.74) is 1.98. The van der Waals surface area contributed by atoms with E-state index in [1.54, 1.807) is 25.3 Å². The van der Waals surface area contributed by atoms with Crippen molar-refractivity contribution < 1.29 is 24.1 Å². The molecule has 1 N–H and O–H groups in total. The number of carbonyl (C=O) groups excluding carboxylic acids is 1. The SMILES string of the molecule is COc1ccc(C(=O)/C=C/c2cc(Br)c(OCc3ccccc3)c(OC)c2)c(O)c1. The summed E-state index contributed by atoms with van der Waals surface area (Å²) in [6, 6.07) is 18.0. The molecule has 0 bridgehead atoms. The van der Waals surface area contributed by atoms with Gasteiger partial charge in [0.15, 0.2) is 17.3 Å². The van der Waals surface area contributed by atoms with Crippen LogP contribution in [0.3, 0.4) is 0 Å². The largest absolute Gasteiger partial charge is 0.507 e. The molecule has 5 nitrogen and oxygen atoms in total. The number of rotatable bonds is 8. The van der Waals surface area contributed by atoms with E-state index >= 15 is 0 Å². The van der Waals surface area contributed by atoms with Gasteiger partial charge in [-0.3, -0.25) is 4.79 Å². The van der Waals surface area contributed by atoms with Gasteiger partial charge in [-0.2, -0.15) is 0 Å².